The first kappa shape index (κ1) is 11.2. The summed E-state index contributed by atoms with van der Waals surface area (Å²) in [5.74, 6) is -0.683. The van der Waals surface area contributed by atoms with Crippen molar-refractivity contribution >= 4 is 5.97 Å². The zero-order valence-electron chi connectivity index (χ0n) is 8.83. The molecule has 3 heteroatoms. The minimum atomic E-state index is -0.683. The lowest BCUT2D eigenvalue weighted by Gasteiger charge is -2.22. The number of rotatable bonds is 5. The number of likely N-dealkylation sites (tertiary alicyclic amines) is 1. The van der Waals surface area contributed by atoms with Gasteiger partial charge in [0.05, 0.1) is 6.42 Å². The summed E-state index contributed by atoms with van der Waals surface area (Å²) in [6, 6.07) is 0.256. The van der Waals surface area contributed by atoms with Gasteiger partial charge in [0.15, 0.2) is 0 Å². The van der Waals surface area contributed by atoms with Crippen LogP contribution in [0.4, 0.5) is 0 Å². The predicted octanol–water partition coefficient (Wildman–Crippen LogP) is 1.89. The van der Waals surface area contributed by atoms with E-state index in [1.54, 1.807) is 0 Å². The SMILES string of the molecule is C=C(C)CCN1CCCC1CC(=O)O. The first-order valence-corrected chi connectivity index (χ1v) is 5.20. The van der Waals surface area contributed by atoms with E-state index in [0.29, 0.717) is 0 Å². The number of carboxylic acid groups (broad SMARTS) is 1. The van der Waals surface area contributed by atoms with Crippen molar-refractivity contribution in [2.45, 2.75) is 38.6 Å². The van der Waals surface area contributed by atoms with Gasteiger partial charge in [0.1, 0.15) is 0 Å². The Morgan fingerprint density at radius 1 is 1.64 bits per heavy atom. The zero-order chi connectivity index (χ0) is 10.6. The minimum Gasteiger partial charge on any atom is -0.481 e. The average Bonchev–Trinajstić information content (AvgIpc) is 2.47. The average molecular weight is 197 g/mol. The molecule has 1 rings (SSSR count). The van der Waals surface area contributed by atoms with Gasteiger partial charge in [-0.3, -0.25) is 9.69 Å². The quantitative estimate of drug-likeness (QED) is 0.684. The normalized spacial score (nSPS) is 22.5. The molecule has 0 aromatic rings. The molecule has 0 bridgehead atoms. The highest BCUT2D eigenvalue weighted by Crippen LogP contribution is 2.20. The third-order valence-corrected chi connectivity index (χ3v) is 2.74. The molecule has 0 radical (unpaired) electrons. The smallest absolute Gasteiger partial charge is 0.304 e. The monoisotopic (exact) mass is 197 g/mol. The molecule has 0 aromatic heterocycles. The summed E-state index contributed by atoms with van der Waals surface area (Å²) in [7, 11) is 0. The third kappa shape index (κ3) is 3.50. The summed E-state index contributed by atoms with van der Waals surface area (Å²) in [4.78, 5) is 12.9. The molecule has 14 heavy (non-hydrogen) atoms. The molecule has 1 heterocycles. The molecule has 1 fully saturated rings. The summed E-state index contributed by atoms with van der Waals surface area (Å²) >= 11 is 0. The van der Waals surface area contributed by atoms with Gasteiger partial charge in [0.2, 0.25) is 0 Å². The van der Waals surface area contributed by atoms with Crippen LogP contribution in [0.25, 0.3) is 0 Å². The van der Waals surface area contributed by atoms with Crippen LogP contribution in [0.3, 0.4) is 0 Å². The van der Waals surface area contributed by atoms with Crippen LogP contribution in [0.1, 0.15) is 32.6 Å². The maximum Gasteiger partial charge on any atom is 0.304 e. The Labute approximate surface area is 85.4 Å². The Morgan fingerprint density at radius 2 is 2.36 bits per heavy atom. The molecule has 0 spiro atoms. The van der Waals surface area contributed by atoms with Crippen LogP contribution < -0.4 is 0 Å². The van der Waals surface area contributed by atoms with Gasteiger partial charge < -0.3 is 5.11 Å². The fourth-order valence-electron chi connectivity index (χ4n) is 1.96. The van der Waals surface area contributed by atoms with Crippen molar-refractivity contribution in [1.82, 2.24) is 4.90 Å². The van der Waals surface area contributed by atoms with Gasteiger partial charge in [0, 0.05) is 12.6 Å². The number of hydrogen-bond donors (Lipinski definition) is 1. The molecule has 80 valence electrons. The predicted molar refractivity (Wildman–Crippen MR) is 56.3 cm³/mol. The molecule has 1 unspecified atom stereocenters. The zero-order valence-corrected chi connectivity index (χ0v) is 8.83. The van der Waals surface area contributed by atoms with E-state index in [1.165, 1.54) is 5.57 Å². The second-order valence-corrected chi connectivity index (χ2v) is 4.14. The van der Waals surface area contributed by atoms with Crippen molar-refractivity contribution in [3.05, 3.63) is 12.2 Å². The van der Waals surface area contributed by atoms with Crippen LogP contribution in [-0.2, 0) is 4.79 Å². The molecular formula is C11H19NO2. The Balaban J connectivity index is 2.35. The Hall–Kier alpha value is -0.830. The molecule has 0 aromatic carbocycles. The van der Waals surface area contributed by atoms with E-state index in [2.05, 4.69) is 11.5 Å². The van der Waals surface area contributed by atoms with Gasteiger partial charge in [-0.05, 0) is 32.7 Å². The van der Waals surface area contributed by atoms with Crippen molar-refractivity contribution in [3.63, 3.8) is 0 Å². The molecule has 1 aliphatic rings. The summed E-state index contributed by atoms with van der Waals surface area (Å²) in [6.45, 7) is 7.89. The van der Waals surface area contributed by atoms with Crippen molar-refractivity contribution in [3.8, 4) is 0 Å². The van der Waals surface area contributed by atoms with Crippen LogP contribution in [-0.4, -0.2) is 35.1 Å². The molecule has 3 nitrogen and oxygen atoms in total. The summed E-state index contributed by atoms with van der Waals surface area (Å²) in [6.07, 6.45) is 3.43. The van der Waals surface area contributed by atoms with E-state index in [0.717, 1.165) is 32.4 Å². The fourth-order valence-corrected chi connectivity index (χ4v) is 1.96. The van der Waals surface area contributed by atoms with E-state index in [-0.39, 0.29) is 12.5 Å². The number of hydrogen-bond acceptors (Lipinski definition) is 2. The maximum absolute atomic E-state index is 10.6. The van der Waals surface area contributed by atoms with Crippen molar-refractivity contribution < 1.29 is 9.90 Å². The van der Waals surface area contributed by atoms with E-state index in [1.807, 2.05) is 6.92 Å². The third-order valence-electron chi connectivity index (χ3n) is 2.74. The van der Waals surface area contributed by atoms with Gasteiger partial charge in [0.25, 0.3) is 0 Å². The fraction of sp³-hybridized carbons (Fsp3) is 0.727. The molecule has 0 aliphatic carbocycles. The summed E-state index contributed by atoms with van der Waals surface area (Å²) in [5.41, 5.74) is 1.17. The lowest BCUT2D eigenvalue weighted by molar-refractivity contribution is -0.138. The lowest BCUT2D eigenvalue weighted by atomic mass is 10.1. The second kappa shape index (κ2) is 5.15. The van der Waals surface area contributed by atoms with E-state index >= 15 is 0 Å². The van der Waals surface area contributed by atoms with Gasteiger partial charge in [-0.1, -0.05) is 5.57 Å². The van der Waals surface area contributed by atoms with Crippen LogP contribution in [0.5, 0.6) is 0 Å². The number of nitrogens with zero attached hydrogens (tertiary/aromatic N) is 1. The largest absolute Gasteiger partial charge is 0.481 e. The first-order chi connectivity index (χ1) is 6.59. The highest BCUT2D eigenvalue weighted by molar-refractivity contribution is 5.67. The van der Waals surface area contributed by atoms with E-state index in [4.69, 9.17) is 5.11 Å². The summed E-state index contributed by atoms with van der Waals surface area (Å²) < 4.78 is 0. The Kier molecular flexibility index (Phi) is 4.14. The van der Waals surface area contributed by atoms with Crippen LogP contribution in [0.2, 0.25) is 0 Å². The number of carbonyl (C=O) groups is 1. The minimum absolute atomic E-state index is 0.256. The summed E-state index contributed by atoms with van der Waals surface area (Å²) in [5, 5.41) is 8.72. The highest BCUT2D eigenvalue weighted by Gasteiger charge is 2.25. The molecule has 1 atom stereocenters. The molecular weight excluding hydrogens is 178 g/mol. The number of aliphatic carboxylic acids is 1. The van der Waals surface area contributed by atoms with Crippen molar-refractivity contribution in [2.24, 2.45) is 0 Å². The van der Waals surface area contributed by atoms with Crippen LogP contribution in [0, 0.1) is 0 Å². The van der Waals surface area contributed by atoms with Gasteiger partial charge in [-0.2, -0.15) is 0 Å². The molecule has 1 saturated heterocycles. The Morgan fingerprint density at radius 3 is 2.93 bits per heavy atom. The van der Waals surface area contributed by atoms with Gasteiger partial charge >= 0.3 is 5.97 Å². The molecule has 1 N–H and O–H groups in total. The molecule has 0 saturated carbocycles. The second-order valence-electron chi connectivity index (χ2n) is 4.14. The molecule has 1 aliphatic heterocycles. The van der Waals surface area contributed by atoms with Crippen molar-refractivity contribution in [1.29, 1.82) is 0 Å². The first-order valence-electron chi connectivity index (χ1n) is 5.20. The van der Waals surface area contributed by atoms with Gasteiger partial charge in [-0.25, -0.2) is 0 Å². The van der Waals surface area contributed by atoms with E-state index in [9.17, 15) is 4.79 Å². The van der Waals surface area contributed by atoms with Crippen LogP contribution in [0.15, 0.2) is 12.2 Å². The van der Waals surface area contributed by atoms with Crippen molar-refractivity contribution in [2.75, 3.05) is 13.1 Å². The standard InChI is InChI=1S/C11H19NO2/c1-9(2)5-7-12-6-3-4-10(12)8-11(13)14/h10H,1,3-8H2,2H3,(H,13,14). The lowest BCUT2D eigenvalue weighted by Crippen LogP contribution is -2.32. The van der Waals surface area contributed by atoms with Gasteiger partial charge in [-0.15, -0.1) is 6.58 Å². The Bertz CT molecular complexity index is 225. The van der Waals surface area contributed by atoms with E-state index < -0.39 is 5.97 Å². The number of carboxylic acids is 1. The molecule has 0 amide bonds. The van der Waals surface area contributed by atoms with Crippen LogP contribution >= 0.6 is 0 Å². The highest BCUT2D eigenvalue weighted by atomic mass is 16.4. The maximum atomic E-state index is 10.6. The topological polar surface area (TPSA) is 40.5 Å².